The van der Waals surface area contributed by atoms with E-state index >= 15 is 0 Å². The lowest BCUT2D eigenvalue weighted by Gasteiger charge is -2.07. The van der Waals surface area contributed by atoms with Gasteiger partial charge in [-0.3, -0.25) is 5.32 Å². The lowest BCUT2D eigenvalue weighted by molar-refractivity contribution is 0.901. The maximum absolute atomic E-state index is 3.42. The maximum Gasteiger partial charge on any atom is 0.0261 e. The molecule has 0 aliphatic carbocycles. The van der Waals surface area contributed by atoms with E-state index in [0.717, 1.165) is 12.0 Å². The fourth-order valence-corrected chi connectivity index (χ4v) is 1.78. The summed E-state index contributed by atoms with van der Waals surface area (Å²) in [5, 5.41) is 3.25. The van der Waals surface area contributed by atoms with Crippen LogP contribution in [-0.2, 0) is 6.54 Å². The van der Waals surface area contributed by atoms with Gasteiger partial charge in [0.1, 0.15) is 0 Å². The van der Waals surface area contributed by atoms with E-state index in [0.29, 0.717) is 0 Å². The first kappa shape index (κ1) is 10.8. The van der Waals surface area contributed by atoms with Gasteiger partial charge >= 0.3 is 0 Å². The monoisotopic (exact) mass is 211 g/mol. The van der Waals surface area contributed by atoms with Crippen molar-refractivity contribution in [1.82, 2.24) is 5.32 Å². The molecule has 1 aromatic carbocycles. The third-order valence-corrected chi connectivity index (χ3v) is 2.75. The summed E-state index contributed by atoms with van der Waals surface area (Å²) in [5.74, 6) is 0. The van der Waals surface area contributed by atoms with E-state index in [1.54, 1.807) is 11.8 Å². The van der Waals surface area contributed by atoms with Gasteiger partial charge in [-0.05, 0) is 24.8 Å². The van der Waals surface area contributed by atoms with Gasteiger partial charge in [-0.1, -0.05) is 18.2 Å². The van der Waals surface area contributed by atoms with Crippen LogP contribution in [0.15, 0.2) is 29.2 Å². The Morgan fingerprint density at radius 2 is 2.15 bits per heavy atom. The van der Waals surface area contributed by atoms with Crippen LogP contribution in [0.1, 0.15) is 12.5 Å². The molecule has 1 aromatic rings. The third-order valence-electron chi connectivity index (χ3n) is 1.74. The quantitative estimate of drug-likeness (QED) is 0.607. The van der Waals surface area contributed by atoms with Crippen molar-refractivity contribution in [2.24, 2.45) is 0 Å². The topological polar surface area (TPSA) is 12.0 Å². The third kappa shape index (κ3) is 3.51. The van der Waals surface area contributed by atoms with E-state index in [-0.39, 0.29) is 0 Å². The minimum atomic E-state index is 0.881. The molecule has 3 heteroatoms. The Labute approximate surface area is 86.2 Å². The molecule has 0 aliphatic rings. The Morgan fingerprint density at radius 1 is 1.46 bits per heavy atom. The number of nitrogens with one attached hydrogen (secondary N) is 1. The summed E-state index contributed by atoms with van der Waals surface area (Å²) in [4.78, 5) is 1.34. The van der Waals surface area contributed by atoms with Crippen molar-refractivity contribution < 1.29 is 0 Å². The minimum absolute atomic E-state index is 0.881. The molecule has 0 saturated heterocycles. The number of thioether (sulfide) groups is 1. The van der Waals surface area contributed by atoms with Crippen LogP contribution in [0.3, 0.4) is 0 Å². The SMILES string of the molecule is CSc1ccccc1CNC(C)=P. The van der Waals surface area contributed by atoms with Crippen molar-refractivity contribution in [3.8, 4) is 0 Å². The van der Waals surface area contributed by atoms with E-state index in [1.165, 1.54) is 10.5 Å². The van der Waals surface area contributed by atoms with Crippen molar-refractivity contribution in [3.05, 3.63) is 29.8 Å². The Kier molecular flexibility index (Phi) is 4.51. The predicted octanol–water partition coefficient (Wildman–Crippen LogP) is 2.79. The Hall–Kier alpha value is -0.300. The molecule has 0 bridgehead atoms. The van der Waals surface area contributed by atoms with Crippen molar-refractivity contribution in [2.75, 3.05) is 6.26 Å². The molecule has 0 fully saturated rings. The summed E-state index contributed by atoms with van der Waals surface area (Å²) in [6, 6.07) is 8.43. The van der Waals surface area contributed by atoms with E-state index in [4.69, 9.17) is 0 Å². The second kappa shape index (κ2) is 5.43. The molecule has 0 aliphatic heterocycles. The summed E-state index contributed by atoms with van der Waals surface area (Å²) in [6.45, 7) is 2.88. The molecule has 1 rings (SSSR count). The van der Waals surface area contributed by atoms with Gasteiger partial charge in [0, 0.05) is 16.9 Å². The average molecular weight is 211 g/mol. The highest BCUT2D eigenvalue weighted by Crippen LogP contribution is 2.19. The van der Waals surface area contributed by atoms with E-state index < -0.39 is 0 Å². The second-order valence-electron chi connectivity index (χ2n) is 2.79. The van der Waals surface area contributed by atoms with E-state index in [9.17, 15) is 0 Å². The van der Waals surface area contributed by atoms with Crippen molar-refractivity contribution in [1.29, 1.82) is 0 Å². The first-order valence-electron chi connectivity index (χ1n) is 4.15. The fraction of sp³-hybridized carbons (Fsp3) is 0.300. The highest BCUT2D eigenvalue weighted by atomic mass is 32.2. The summed E-state index contributed by atoms with van der Waals surface area (Å²) >= 11 is 1.78. The lowest BCUT2D eigenvalue weighted by Crippen LogP contribution is -2.17. The maximum atomic E-state index is 3.42. The largest absolute Gasteiger partial charge is 0.285 e. The molecule has 0 amide bonds. The van der Waals surface area contributed by atoms with Crippen LogP contribution in [0.4, 0.5) is 0 Å². The smallest absolute Gasteiger partial charge is 0.0261 e. The van der Waals surface area contributed by atoms with Gasteiger partial charge in [0.25, 0.3) is 0 Å². The van der Waals surface area contributed by atoms with Gasteiger partial charge in [0.05, 0.1) is 0 Å². The first-order valence-corrected chi connectivity index (χ1v) is 5.87. The predicted molar refractivity (Wildman–Crippen MR) is 64.1 cm³/mol. The molecule has 0 spiro atoms. The van der Waals surface area contributed by atoms with Crippen LogP contribution in [-0.4, -0.2) is 11.7 Å². The molecule has 1 N–H and O–H groups in total. The fourth-order valence-electron chi connectivity index (χ4n) is 1.08. The first-order chi connectivity index (χ1) is 6.24. The van der Waals surface area contributed by atoms with Crippen LogP contribution < -0.4 is 5.32 Å². The molecular weight excluding hydrogens is 197 g/mol. The van der Waals surface area contributed by atoms with Gasteiger partial charge < -0.3 is 0 Å². The van der Waals surface area contributed by atoms with Crippen molar-refractivity contribution in [2.45, 2.75) is 18.4 Å². The minimum Gasteiger partial charge on any atom is -0.285 e. The number of rotatable bonds is 4. The van der Waals surface area contributed by atoms with Crippen LogP contribution in [0.5, 0.6) is 0 Å². The number of hydrogen-bond donors (Lipinski definition) is 1. The van der Waals surface area contributed by atoms with Gasteiger partial charge in [-0.15, -0.1) is 20.6 Å². The highest BCUT2D eigenvalue weighted by Gasteiger charge is 1.98. The summed E-state index contributed by atoms with van der Waals surface area (Å²) in [5.41, 5.74) is 2.41. The number of benzene rings is 1. The van der Waals surface area contributed by atoms with Gasteiger partial charge in [0.15, 0.2) is 0 Å². The Balaban J connectivity index is 2.69. The molecule has 0 atom stereocenters. The van der Waals surface area contributed by atoms with Crippen molar-refractivity contribution >= 4 is 26.0 Å². The molecular formula is C10H14NPS. The van der Waals surface area contributed by atoms with Gasteiger partial charge in [0.2, 0.25) is 0 Å². The van der Waals surface area contributed by atoms with Crippen molar-refractivity contribution in [3.63, 3.8) is 0 Å². The molecule has 0 saturated carbocycles. The molecule has 0 aromatic heterocycles. The summed E-state index contributed by atoms with van der Waals surface area (Å²) in [6.07, 6.45) is 2.10. The van der Waals surface area contributed by atoms with Crippen LogP contribution in [0.25, 0.3) is 0 Å². The highest BCUT2D eigenvalue weighted by molar-refractivity contribution is 7.98. The van der Waals surface area contributed by atoms with E-state index in [1.807, 2.05) is 6.92 Å². The molecule has 1 nitrogen and oxygen atoms in total. The molecule has 0 heterocycles. The van der Waals surface area contributed by atoms with Gasteiger partial charge in [-0.25, -0.2) is 0 Å². The number of hydrogen-bond acceptors (Lipinski definition) is 1. The summed E-state index contributed by atoms with van der Waals surface area (Å²) in [7, 11) is 3.42. The second-order valence-corrected chi connectivity index (χ2v) is 4.39. The molecule has 0 radical (unpaired) electrons. The normalized spacial score (nSPS) is 10.0. The molecule has 13 heavy (non-hydrogen) atoms. The van der Waals surface area contributed by atoms with Gasteiger partial charge in [-0.2, -0.15) is 0 Å². The lowest BCUT2D eigenvalue weighted by atomic mass is 10.2. The summed E-state index contributed by atoms with van der Waals surface area (Å²) < 4.78 is 0. The zero-order valence-corrected chi connectivity index (χ0v) is 9.74. The Bertz CT molecular complexity index is 299. The standard InChI is InChI=1S/C10H14NPS/c1-8(12)11-7-9-5-3-4-6-10(9)13-2/h3-6,11-12H,7H2,1-2H3. The van der Waals surface area contributed by atoms with Crippen LogP contribution in [0.2, 0.25) is 0 Å². The molecule has 0 unspecified atom stereocenters. The van der Waals surface area contributed by atoms with E-state index in [2.05, 4.69) is 44.7 Å². The average Bonchev–Trinajstić information content (AvgIpc) is 2.15. The zero-order valence-electron chi connectivity index (χ0n) is 7.92. The molecule has 70 valence electrons. The Morgan fingerprint density at radius 3 is 2.77 bits per heavy atom. The zero-order chi connectivity index (χ0) is 9.68. The van der Waals surface area contributed by atoms with Crippen LogP contribution >= 0.6 is 20.6 Å². The van der Waals surface area contributed by atoms with Crippen LogP contribution in [0, 0.1) is 0 Å².